The van der Waals surface area contributed by atoms with Crippen molar-refractivity contribution < 1.29 is 0 Å². The molecule has 0 spiro atoms. The van der Waals surface area contributed by atoms with Gasteiger partial charge in [-0.25, -0.2) is 4.99 Å². The molecule has 0 atom stereocenters. The number of aliphatic imine (C=N–C) groups is 1. The minimum absolute atomic E-state index is 0.727. The van der Waals surface area contributed by atoms with Gasteiger partial charge >= 0.3 is 0 Å². The van der Waals surface area contributed by atoms with E-state index in [1.165, 1.54) is 64.3 Å². The molecule has 25 heavy (non-hydrogen) atoms. The van der Waals surface area contributed by atoms with Crippen LogP contribution in [0.1, 0.15) is 59.4 Å². The zero-order valence-electron chi connectivity index (χ0n) is 15.0. The first-order valence-corrected chi connectivity index (χ1v) is 9.43. The Morgan fingerprint density at radius 2 is 1.64 bits per heavy atom. The molecule has 0 unspecified atom stereocenters. The van der Waals surface area contributed by atoms with E-state index in [-0.39, 0.29) is 0 Å². The van der Waals surface area contributed by atoms with Crippen LogP contribution in [0, 0.1) is 13.8 Å². The van der Waals surface area contributed by atoms with Crippen LogP contribution < -0.4 is 0 Å². The molecular weight excluding hydrogens is 302 g/mol. The van der Waals surface area contributed by atoms with Crippen molar-refractivity contribution in [2.45, 2.75) is 45.4 Å². The van der Waals surface area contributed by atoms with Crippen molar-refractivity contribution in [1.29, 1.82) is 0 Å². The molecule has 3 aromatic carbocycles. The number of rotatable bonds is 2. The van der Waals surface area contributed by atoms with Crippen LogP contribution in [0.4, 0.5) is 5.69 Å². The lowest BCUT2D eigenvalue weighted by Gasteiger charge is -2.14. The van der Waals surface area contributed by atoms with Gasteiger partial charge in [-0.15, -0.1) is 0 Å². The average Bonchev–Trinajstić information content (AvgIpc) is 3.23. The van der Waals surface area contributed by atoms with Crippen LogP contribution in [0.3, 0.4) is 0 Å². The van der Waals surface area contributed by atoms with Crippen LogP contribution in [0.5, 0.6) is 0 Å². The summed E-state index contributed by atoms with van der Waals surface area (Å²) >= 11 is 0. The monoisotopic (exact) mass is 325 g/mol. The maximum atomic E-state index is 5.03. The lowest BCUT2D eigenvalue weighted by Crippen LogP contribution is -2.03. The van der Waals surface area contributed by atoms with Crippen LogP contribution in [0.15, 0.2) is 53.5 Å². The summed E-state index contributed by atoms with van der Waals surface area (Å²) in [6.45, 7) is 4.34. The Balaban J connectivity index is 1.73. The summed E-state index contributed by atoms with van der Waals surface area (Å²) < 4.78 is 0. The van der Waals surface area contributed by atoms with Crippen molar-refractivity contribution in [3.63, 3.8) is 0 Å². The first-order chi connectivity index (χ1) is 12.2. The molecule has 0 bridgehead atoms. The number of hydrogen-bond acceptors (Lipinski definition) is 1. The smallest absolute Gasteiger partial charge is 0.0789 e. The molecule has 3 aromatic rings. The van der Waals surface area contributed by atoms with Gasteiger partial charge in [0.1, 0.15) is 0 Å². The van der Waals surface area contributed by atoms with E-state index in [1.807, 2.05) is 0 Å². The summed E-state index contributed by atoms with van der Waals surface area (Å²) in [7, 11) is 0. The topological polar surface area (TPSA) is 12.4 Å². The van der Waals surface area contributed by atoms with Crippen molar-refractivity contribution in [3.05, 3.63) is 76.3 Å². The van der Waals surface area contributed by atoms with E-state index in [9.17, 15) is 0 Å². The predicted octanol–water partition coefficient (Wildman–Crippen LogP) is 6.60. The standard InChI is InChI=1S/C24H23N/c1-15-10-16(2)12-20(11-15)24-21-14-19(17-6-3-4-7-17)13-18-8-5-9-22(25-24)23(18)21/h5,8-14,17H,3-4,6-7H2,1-2H3. The van der Waals surface area contributed by atoms with Crippen LogP contribution in [0.2, 0.25) is 0 Å². The van der Waals surface area contributed by atoms with Gasteiger partial charge in [0.05, 0.1) is 11.4 Å². The Labute approximate surface area is 149 Å². The summed E-state index contributed by atoms with van der Waals surface area (Å²) in [6, 6.07) is 18.2. The number of nitrogens with zero attached hydrogens (tertiary/aromatic N) is 1. The third kappa shape index (κ3) is 2.41. The van der Waals surface area contributed by atoms with Gasteiger partial charge < -0.3 is 0 Å². The summed E-state index contributed by atoms with van der Waals surface area (Å²) in [5.41, 5.74) is 8.97. The molecule has 124 valence electrons. The molecule has 1 saturated carbocycles. The number of benzene rings is 3. The molecule has 1 heteroatoms. The molecule has 0 aromatic heterocycles. The second kappa shape index (κ2) is 5.56. The average molecular weight is 325 g/mol. The summed E-state index contributed by atoms with van der Waals surface area (Å²) in [6.07, 6.45) is 5.41. The Kier molecular flexibility index (Phi) is 3.31. The molecule has 2 aliphatic rings. The third-order valence-electron chi connectivity index (χ3n) is 5.79. The molecule has 0 N–H and O–H groups in total. The molecule has 1 aliphatic carbocycles. The van der Waals surface area contributed by atoms with Gasteiger partial charge in [0.2, 0.25) is 0 Å². The number of hydrogen-bond donors (Lipinski definition) is 0. The summed E-state index contributed by atoms with van der Waals surface area (Å²) in [4.78, 5) is 5.03. The quantitative estimate of drug-likeness (QED) is 0.394. The highest BCUT2D eigenvalue weighted by Gasteiger charge is 2.24. The lowest BCUT2D eigenvalue weighted by molar-refractivity contribution is 0.724. The highest BCUT2D eigenvalue weighted by Crippen LogP contribution is 2.42. The van der Waals surface area contributed by atoms with Gasteiger partial charge in [-0.05, 0) is 67.8 Å². The maximum Gasteiger partial charge on any atom is 0.0789 e. The van der Waals surface area contributed by atoms with Crippen molar-refractivity contribution in [2.75, 3.05) is 0 Å². The second-order valence-electron chi connectivity index (χ2n) is 7.76. The zero-order chi connectivity index (χ0) is 17.0. The largest absolute Gasteiger partial charge is 0.247 e. The highest BCUT2D eigenvalue weighted by molar-refractivity contribution is 6.26. The van der Waals surface area contributed by atoms with Crippen LogP contribution in [-0.2, 0) is 0 Å². The normalized spacial score (nSPS) is 16.6. The molecule has 1 fully saturated rings. The third-order valence-corrected chi connectivity index (χ3v) is 5.79. The molecule has 1 heterocycles. The Hall–Kier alpha value is -2.41. The number of aryl methyl sites for hydroxylation is 2. The Bertz CT molecular complexity index is 999. The first-order valence-electron chi connectivity index (χ1n) is 9.43. The van der Waals surface area contributed by atoms with E-state index in [1.54, 1.807) is 0 Å². The van der Waals surface area contributed by atoms with Gasteiger partial charge in [-0.1, -0.05) is 48.2 Å². The fraction of sp³-hybridized carbons (Fsp3) is 0.292. The summed E-state index contributed by atoms with van der Waals surface area (Å²) in [5.74, 6) is 0.727. The Morgan fingerprint density at radius 1 is 0.880 bits per heavy atom. The van der Waals surface area contributed by atoms with Crippen molar-refractivity contribution in [3.8, 4) is 0 Å². The van der Waals surface area contributed by atoms with Gasteiger partial charge in [-0.3, -0.25) is 0 Å². The predicted molar refractivity (Wildman–Crippen MR) is 106 cm³/mol. The second-order valence-corrected chi connectivity index (χ2v) is 7.76. The first kappa shape index (κ1) is 14.9. The van der Waals surface area contributed by atoms with Crippen molar-refractivity contribution in [1.82, 2.24) is 0 Å². The van der Waals surface area contributed by atoms with Gasteiger partial charge in [0, 0.05) is 16.5 Å². The highest BCUT2D eigenvalue weighted by atomic mass is 14.8. The molecule has 1 nitrogen and oxygen atoms in total. The van der Waals surface area contributed by atoms with Gasteiger partial charge in [0.15, 0.2) is 0 Å². The molecule has 0 saturated heterocycles. The van der Waals surface area contributed by atoms with Gasteiger partial charge in [-0.2, -0.15) is 0 Å². The fourth-order valence-corrected chi connectivity index (χ4v) is 4.72. The molecular formula is C24H23N. The Morgan fingerprint density at radius 3 is 2.40 bits per heavy atom. The maximum absolute atomic E-state index is 5.03. The van der Waals surface area contributed by atoms with Gasteiger partial charge in [0.25, 0.3) is 0 Å². The van der Waals surface area contributed by atoms with E-state index >= 15 is 0 Å². The fourth-order valence-electron chi connectivity index (χ4n) is 4.72. The van der Waals surface area contributed by atoms with Crippen molar-refractivity contribution in [2.24, 2.45) is 4.99 Å². The molecule has 5 rings (SSSR count). The molecule has 1 aliphatic heterocycles. The summed E-state index contributed by atoms with van der Waals surface area (Å²) in [5, 5.41) is 2.68. The van der Waals surface area contributed by atoms with Crippen LogP contribution in [-0.4, -0.2) is 5.71 Å². The van der Waals surface area contributed by atoms with Crippen LogP contribution >= 0.6 is 0 Å². The lowest BCUT2D eigenvalue weighted by atomic mass is 9.89. The zero-order valence-corrected chi connectivity index (χ0v) is 15.0. The molecule has 0 amide bonds. The minimum atomic E-state index is 0.727. The van der Waals surface area contributed by atoms with E-state index in [0.717, 1.165) is 17.3 Å². The van der Waals surface area contributed by atoms with E-state index in [2.05, 4.69) is 62.4 Å². The SMILES string of the molecule is Cc1cc(C)cc(C2=Nc3cccc4cc(C5CCCC5)cc2c34)c1. The van der Waals surface area contributed by atoms with E-state index in [0.29, 0.717) is 0 Å². The van der Waals surface area contributed by atoms with Crippen LogP contribution in [0.25, 0.3) is 10.8 Å². The van der Waals surface area contributed by atoms with E-state index in [4.69, 9.17) is 4.99 Å². The minimum Gasteiger partial charge on any atom is -0.247 e. The van der Waals surface area contributed by atoms with E-state index < -0.39 is 0 Å². The van der Waals surface area contributed by atoms with Crippen molar-refractivity contribution >= 4 is 22.2 Å². The molecule has 0 radical (unpaired) electrons.